The number of ether oxygens (including phenoxy) is 1. The van der Waals surface area contributed by atoms with E-state index in [1.165, 1.54) is 6.20 Å². The fourth-order valence-corrected chi connectivity index (χ4v) is 2.88. The lowest BCUT2D eigenvalue weighted by Crippen LogP contribution is -2.14. The van der Waals surface area contributed by atoms with Crippen molar-refractivity contribution in [3.8, 4) is 0 Å². The minimum absolute atomic E-state index is 0.152. The van der Waals surface area contributed by atoms with Crippen molar-refractivity contribution in [1.29, 1.82) is 0 Å². The molecule has 0 aliphatic rings. The monoisotopic (exact) mass is 377 g/mol. The zero-order valence-electron chi connectivity index (χ0n) is 13.1. The van der Waals surface area contributed by atoms with E-state index in [2.05, 4.69) is 10.3 Å². The molecule has 2 heterocycles. The summed E-state index contributed by atoms with van der Waals surface area (Å²) in [5.41, 5.74) is 1.14. The van der Waals surface area contributed by atoms with Crippen LogP contribution in [-0.4, -0.2) is 27.9 Å². The first-order chi connectivity index (χ1) is 12.0. The number of aromatic nitrogens is 2. The number of pyridine rings is 1. The van der Waals surface area contributed by atoms with Crippen LogP contribution < -0.4 is 5.32 Å². The lowest BCUT2D eigenvalue weighted by molar-refractivity contribution is 0.0520. The summed E-state index contributed by atoms with van der Waals surface area (Å²) in [6.07, 6.45) is 3.24. The number of rotatable bonds is 4. The van der Waals surface area contributed by atoms with Gasteiger partial charge in [0.2, 0.25) is 0 Å². The van der Waals surface area contributed by atoms with Gasteiger partial charge in [0.25, 0.3) is 5.91 Å². The Hall–Kier alpha value is -2.57. The smallest absolute Gasteiger partial charge is 0.358 e. The Morgan fingerprint density at radius 1 is 1.20 bits per heavy atom. The third-order valence-electron chi connectivity index (χ3n) is 3.41. The first-order valence-corrected chi connectivity index (χ1v) is 8.17. The minimum Gasteiger partial charge on any atom is -0.461 e. The number of benzene rings is 1. The summed E-state index contributed by atoms with van der Waals surface area (Å²) in [7, 11) is 0. The van der Waals surface area contributed by atoms with Crippen LogP contribution in [-0.2, 0) is 4.74 Å². The van der Waals surface area contributed by atoms with Gasteiger partial charge >= 0.3 is 5.97 Å². The molecule has 0 spiro atoms. The average Bonchev–Trinajstić information content (AvgIpc) is 3.00. The molecule has 25 heavy (non-hydrogen) atoms. The second-order valence-corrected chi connectivity index (χ2v) is 5.86. The maximum atomic E-state index is 12.5. The minimum atomic E-state index is -0.530. The average molecular weight is 378 g/mol. The van der Waals surface area contributed by atoms with E-state index in [-0.39, 0.29) is 27.9 Å². The lowest BCUT2D eigenvalue weighted by atomic mass is 10.2. The quantitative estimate of drug-likeness (QED) is 0.695. The number of carbonyl (C=O) groups is 2. The number of imidazole rings is 1. The van der Waals surface area contributed by atoms with Crippen molar-refractivity contribution in [2.45, 2.75) is 6.92 Å². The van der Waals surface area contributed by atoms with Crippen molar-refractivity contribution in [2.24, 2.45) is 0 Å². The number of nitrogens with one attached hydrogen (secondary N) is 1. The lowest BCUT2D eigenvalue weighted by Gasteiger charge is -2.09. The van der Waals surface area contributed by atoms with E-state index >= 15 is 0 Å². The number of nitrogens with zero attached hydrogens (tertiary/aromatic N) is 2. The second-order valence-electron chi connectivity index (χ2n) is 5.05. The zero-order valence-corrected chi connectivity index (χ0v) is 14.6. The Balaban J connectivity index is 1.96. The first kappa shape index (κ1) is 17.3. The van der Waals surface area contributed by atoms with Gasteiger partial charge in [0, 0.05) is 12.4 Å². The van der Waals surface area contributed by atoms with E-state index in [0.717, 1.165) is 0 Å². The van der Waals surface area contributed by atoms with Crippen molar-refractivity contribution in [3.05, 3.63) is 64.0 Å². The van der Waals surface area contributed by atoms with Gasteiger partial charge in [-0.2, -0.15) is 0 Å². The van der Waals surface area contributed by atoms with Crippen molar-refractivity contribution < 1.29 is 14.3 Å². The largest absolute Gasteiger partial charge is 0.461 e. The maximum Gasteiger partial charge on any atom is 0.358 e. The molecule has 0 bridgehead atoms. The highest BCUT2D eigenvalue weighted by Crippen LogP contribution is 2.26. The van der Waals surface area contributed by atoms with Gasteiger partial charge in [-0.05, 0) is 31.2 Å². The zero-order chi connectivity index (χ0) is 18.0. The number of fused-ring (bicyclic) bond motifs is 1. The molecule has 0 aliphatic carbocycles. The molecule has 0 unspecified atom stereocenters. The molecule has 3 aromatic rings. The van der Waals surface area contributed by atoms with E-state index in [1.807, 2.05) is 0 Å². The number of hydrogen-bond acceptors (Lipinski definition) is 4. The summed E-state index contributed by atoms with van der Waals surface area (Å²) in [5.74, 6) is -0.998. The highest BCUT2D eigenvalue weighted by molar-refractivity contribution is 6.40. The predicted molar refractivity (Wildman–Crippen MR) is 95.6 cm³/mol. The molecule has 1 N–H and O–H groups in total. The molecule has 8 heteroatoms. The topological polar surface area (TPSA) is 72.7 Å². The molecule has 128 valence electrons. The van der Waals surface area contributed by atoms with Gasteiger partial charge in [-0.1, -0.05) is 29.3 Å². The van der Waals surface area contributed by atoms with Gasteiger partial charge in [0.05, 0.1) is 27.9 Å². The number of carbonyl (C=O) groups excluding carboxylic acids is 2. The molecule has 1 amide bonds. The number of anilines is 1. The van der Waals surface area contributed by atoms with Crippen LogP contribution in [0.4, 0.5) is 5.69 Å². The molecular weight excluding hydrogens is 365 g/mol. The molecule has 0 saturated carbocycles. The molecule has 0 atom stereocenters. The van der Waals surface area contributed by atoms with Crippen molar-refractivity contribution in [3.63, 3.8) is 0 Å². The summed E-state index contributed by atoms with van der Waals surface area (Å²) >= 11 is 12.1. The van der Waals surface area contributed by atoms with Crippen LogP contribution in [0.1, 0.15) is 27.8 Å². The molecule has 0 fully saturated rings. The van der Waals surface area contributed by atoms with E-state index in [0.29, 0.717) is 11.3 Å². The van der Waals surface area contributed by atoms with E-state index in [4.69, 9.17) is 27.9 Å². The molecule has 0 radical (unpaired) electrons. The van der Waals surface area contributed by atoms with E-state index in [1.54, 1.807) is 47.9 Å². The van der Waals surface area contributed by atoms with Crippen LogP contribution in [0.3, 0.4) is 0 Å². The number of amides is 1. The molecule has 0 saturated heterocycles. The van der Waals surface area contributed by atoms with Gasteiger partial charge in [0.15, 0.2) is 11.3 Å². The van der Waals surface area contributed by atoms with Crippen LogP contribution in [0.2, 0.25) is 10.0 Å². The van der Waals surface area contributed by atoms with E-state index < -0.39 is 11.9 Å². The standard InChI is InChI=1S/C17H13Cl2N3O3/c1-2-25-17(24)13-9-22-8-4-7-12(15(22)20-13)21-16(23)14-10(18)5-3-6-11(14)19/h3-9H,2H2,1H3,(H,21,23). The maximum absolute atomic E-state index is 12.5. The molecule has 0 aliphatic heterocycles. The first-order valence-electron chi connectivity index (χ1n) is 7.41. The summed E-state index contributed by atoms with van der Waals surface area (Å²) in [6.45, 7) is 1.97. The molecule has 3 rings (SSSR count). The van der Waals surface area contributed by atoms with Gasteiger partial charge in [-0.15, -0.1) is 0 Å². The number of halogens is 2. The second kappa shape index (κ2) is 7.13. The Bertz CT molecular complexity index is 949. The Kier molecular flexibility index (Phi) is 4.92. The Morgan fingerprint density at radius 3 is 2.60 bits per heavy atom. The van der Waals surface area contributed by atoms with Crippen LogP contribution in [0.25, 0.3) is 5.65 Å². The fourth-order valence-electron chi connectivity index (χ4n) is 2.31. The van der Waals surface area contributed by atoms with Crippen LogP contribution in [0.5, 0.6) is 0 Å². The van der Waals surface area contributed by atoms with E-state index in [9.17, 15) is 9.59 Å². The third kappa shape index (κ3) is 3.45. The predicted octanol–water partition coefficient (Wildman–Crippen LogP) is 4.07. The number of esters is 1. The van der Waals surface area contributed by atoms with Crippen molar-refractivity contribution >= 4 is 46.4 Å². The van der Waals surface area contributed by atoms with Crippen LogP contribution in [0, 0.1) is 0 Å². The van der Waals surface area contributed by atoms with Gasteiger partial charge in [-0.3, -0.25) is 4.79 Å². The van der Waals surface area contributed by atoms with Crippen molar-refractivity contribution in [1.82, 2.24) is 9.38 Å². The molecule has 2 aromatic heterocycles. The molecule has 6 nitrogen and oxygen atoms in total. The molecular formula is C17H13Cl2N3O3. The number of hydrogen-bond donors (Lipinski definition) is 1. The highest BCUT2D eigenvalue weighted by Gasteiger charge is 2.18. The highest BCUT2D eigenvalue weighted by atomic mass is 35.5. The summed E-state index contributed by atoms with van der Waals surface area (Å²) in [4.78, 5) is 28.6. The Labute approximate surface area is 153 Å². The summed E-state index contributed by atoms with van der Waals surface area (Å²) in [6, 6.07) is 8.20. The van der Waals surface area contributed by atoms with Crippen LogP contribution >= 0.6 is 23.2 Å². The fraction of sp³-hybridized carbons (Fsp3) is 0.118. The summed E-state index contributed by atoms with van der Waals surface area (Å²) < 4.78 is 6.56. The Morgan fingerprint density at radius 2 is 1.92 bits per heavy atom. The molecule has 1 aromatic carbocycles. The third-order valence-corrected chi connectivity index (χ3v) is 4.04. The normalized spacial score (nSPS) is 10.7. The SMILES string of the molecule is CCOC(=O)c1cn2cccc(NC(=O)c3c(Cl)cccc3Cl)c2n1. The van der Waals surface area contributed by atoms with Gasteiger partial charge < -0.3 is 14.5 Å². The summed E-state index contributed by atoms with van der Waals surface area (Å²) in [5, 5.41) is 3.21. The van der Waals surface area contributed by atoms with Crippen molar-refractivity contribution in [2.75, 3.05) is 11.9 Å². The van der Waals surface area contributed by atoms with Crippen LogP contribution in [0.15, 0.2) is 42.7 Å². The van der Waals surface area contributed by atoms with Gasteiger partial charge in [-0.25, -0.2) is 9.78 Å². The van der Waals surface area contributed by atoms with Gasteiger partial charge in [0.1, 0.15) is 0 Å².